The van der Waals surface area contributed by atoms with E-state index in [0.717, 1.165) is 50.3 Å². The average Bonchev–Trinajstić information content (AvgIpc) is 3.70. The van der Waals surface area contributed by atoms with Crippen LogP contribution in [0.4, 0.5) is 0 Å². The molecule has 2 nitrogen and oxygen atoms in total. The maximum atomic E-state index is 5.56. The zero-order valence-corrected chi connectivity index (χ0v) is 31.2. The Bertz CT molecular complexity index is 3180. The number of pyridine rings is 1. The summed E-state index contributed by atoms with van der Waals surface area (Å²) in [6.07, 6.45) is 0. The molecule has 11 aromatic rings. The molecule has 11 rings (SSSR count). The van der Waals surface area contributed by atoms with Crippen molar-refractivity contribution >= 4 is 37.8 Å². The van der Waals surface area contributed by atoms with Gasteiger partial charge in [-0.25, -0.2) is 4.52 Å². The fraction of sp³-hybridized carbons (Fsp3) is 0. The second kappa shape index (κ2) is 13.6. The third-order valence-corrected chi connectivity index (χ3v) is 11.4. The minimum absolute atomic E-state index is 0.967. The Morgan fingerprint density at radius 2 is 0.561 bits per heavy atom. The zero-order chi connectivity index (χ0) is 37.7. The largest absolute Gasteiger partial charge is 0.231 e. The number of aromatic nitrogens is 2. The molecule has 0 N–H and O–H groups in total. The summed E-state index contributed by atoms with van der Waals surface area (Å²) in [4.78, 5) is 0. The predicted octanol–water partition coefficient (Wildman–Crippen LogP) is 14.8. The molecule has 57 heavy (non-hydrogen) atoms. The number of benzene rings is 9. The first kappa shape index (κ1) is 32.8. The molecule has 0 saturated carbocycles. The van der Waals surface area contributed by atoms with E-state index in [0.29, 0.717) is 0 Å². The highest BCUT2D eigenvalue weighted by Crippen LogP contribution is 2.47. The van der Waals surface area contributed by atoms with Gasteiger partial charge in [-0.3, -0.25) is 0 Å². The zero-order valence-electron chi connectivity index (χ0n) is 31.2. The SMILES string of the molecule is c1ccc(-c2nn3c(-c4ccccc4)c(-c4ccc(-c5c6ccccc6c(-c6ccccc6)c6ccccc56)cc4)c4ccccc4c3c2-c2ccccc2)cc1. The molecule has 0 amide bonds. The van der Waals surface area contributed by atoms with E-state index in [2.05, 4.69) is 223 Å². The highest BCUT2D eigenvalue weighted by molar-refractivity contribution is 6.21. The predicted molar refractivity (Wildman–Crippen MR) is 240 cm³/mol. The topological polar surface area (TPSA) is 17.3 Å². The summed E-state index contributed by atoms with van der Waals surface area (Å²) in [6, 6.07) is 78.7. The second-order valence-electron chi connectivity index (χ2n) is 14.6. The molecular formula is C55H36N2. The molecule has 0 aliphatic rings. The lowest BCUT2D eigenvalue weighted by Crippen LogP contribution is -2.00. The first-order valence-corrected chi connectivity index (χ1v) is 19.6. The molecule has 0 unspecified atom stereocenters. The Labute approximate surface area is 331 Å². The molecule has 0 bridgehead atoms. The lowest BCUT2D eigenvalue weighted by atomic mass is 9.85. The number of nitrogens with zero attached hydrogens (tertiary/aromatic N) is 2. The van der Waals surface area contributed by atoms with Gasteiger partial charge < -0.3 is 0 Å². The van der Waals surface area contributed by atoms with Crippen LogP contribution >= 0.6 is 0 Å². The molecule has 0 radical (unpaired) electrons. The summed E-state index contributed by atoms with van der Waals surface area (Å²) in [5.74, 6) is 0. The highest BCUT2D eigenvalue weighted by Gasteiger charge is 2.25. The van der Waals surface area contributed by atoms with Gasteiger partial charge in [0.25, 0.3) is 0 Å². The molecule has 266 valence electrons. The molecule has 0 spiro atoms. The van der Waals surface area contributed by atoms with Crippen LogP contribution in [-0.4, -0.2) is 9.61 Å². The van der Waals surface area contributed by atoms with Crippen molar-refractivity contribution in [2.75, 3.05) is 0 Å². The minimum Gasteiger partial charge on any atom is -0.231 e. The third kappa shape index (κ3) is 5.38. The van der Waals surface area contributed by atoms with Crippen molar-refractivity contribution in [1.29, 1.82) is 0 Å². The molecule has 2 aromatic heterocycles. The van der Waals surface area contributed by atoms with Gasteiger partial charge in [0.15, 0.2) is 0 Å². The Hall–Kier alpha value is -7.55. The van der Waals surface area contributed by atoms with E-state index in [1.165, 1.54) is 54.6 Å². The van der Waals surface area contributed by atoms with Gasteiger partial charge in [-0.1, -0.05) is 218 Å². The Kier molecular flexibility index (Phi) is 7.86. The smallest absolute Gasteiger partial charge is 0.101 e. The van der Waals surface area contributed by atoms with Crippen LogP contribution in [-0.2, 0) is 0 Å². The van der Waals surface area contributed by atoms with Gasteiger partial charge in [-0.05, 0) is 60.3 Å². The Morgan fingerprint density at radius 3 is 1.02 bits per heavy atom. The molecule has 0 atom stereocenters. The van der Waals surface area contributed by atoms with Gasteiger partial charge in [-0.15, -0.1) is 0 Å². The van der Waals surface area contributed by atoms with Crippen LogP contribution in [0.2, 0.25) is 0 Å². The van der Waals surface area contributed by atoms with Crippen LogP contribution in [0.1, 0.15) is 0 Å². The quantitative estimate of drug-likeness (QED) is 0.156. The van der Waals surface area contributed by atoms with Crippen LogP contribution < -0.4 is 0 Å². The fourth-order valence-corrected chi connectivity index (χ4v) is 8.96. The second-order valence-corrected chi connectivity index (χ2v) is 14.6. The van der Waals surface area contributed by atoms with Crippen molar-refractivity contribution in [1.82, 2.24) is 9.61 Å². The summed E-state index contributed by atoms with van der Waals surface area (Å²) in [6.45, 7) is 0. The lowest BCUT2D eigenvalue weighted by molar-refractivity contribution is 0.981. The molecule has 0 fully saturated rings. The lowest BCUT2D eigenvalue weighted by Gasteiger charge is -2.19. The van der Waals surface area contributed by atoms with E-state index in [1.54, 1.807) is 0 Å². The van der Waals surface area contributed by atoms with E-state index >= 15 is 0 Å². The summed E-state index contributed by atoms with van der Waals surface area (Å²) in [5, 5.41) is 12.9. The summed E-state index contributed by atoms with van der Waals surface area (Å²) < 4.78 is 2.22. The molecule has 9 aromatic carbocycles. The van der Waals surface area contributed by atoms with Crippen LogP contribution in [0.15, 0.2) is 218 Å². The molecule has 0 saturated heterocycles. The summed E-state index contributed by atoms with van der Waals surface area (Å²) >= 11 is 0. The normalized spacial score (nSPS) is 11.5. The van der Waals surface area contributed by atoms with Gasteiger partial charge in [0, 0.05) is 27.6 Å². The van der Waals surface area contributed by atoms with Crippen LogP contribution in [0.5, 0.6) is 0 Å². The molecule has 2 heteroatoms. The van der Waals surface area contributed by atoms with E-state index in [-0.39, 0.29) is 0 Å². The van der Waals surface area contributed by atoms with Crippen molar-refractivity contribution in [3.63, 3.8) is 0 Å². The first-order valence-electron chi connectivity index (χ1n) is 19.6. The number of fused-ring (bicyclic) bond motifs is 5. The maximum Gasteiger partial charge on any atom is 0.101 e. The fourth-order valence-electron chi connectivity index (χ4n) is 8.96. The molecule has 0 aliphatic heterocycles. The van der Waals surface area contributed by atoms with Crippen molar-refractivity contribution in [3.8, 4) is 67.0 Å². The van der Waals surface area contributed by atoms with E-state index in [1.807, 2.05) is 0 Å². The summed E-state index contributed by atoms with van der Waals surface area (Å²) in [7, 11) is 0. The van der Waals surface area contributed by atoms with Gasteiger partial charge in [0.05, 0.1) is 11.2 Å². The van der Waals surface area contributed by atoms with Gasteiger partial charge in [0.1, 0.15) is 5.69 Å². The van der Waals surface area contributed by atoms with E-state index in [4.69, 9.17) is 5.10 Å². The number of hydrogen-bond donors (Lipinski definition) is 0. The van der Waals surface area contributed by atoms with E-state index in [9.17, 15) is 0 Å². The van der Waals surface area contributed by atoms with Gasteiger partial charge in [-0.2, -0.15) is 5.10 Å². The van der Waals surface area contributed by atoms with Crippen molar-refractivity contribution in [2.45, 2.75) is 0 Å². The van der Waals surface area contributed by atoms with Crippen LogP contribution in [0, 0.1) is 0 Å². The Balaban J connectivity index is 1.20. The minimum atomic E-state index is 0.967. The third-order valence-electron chi connectivity index (χ3n) is 11.4. The first-order chi connectivity index (χ1) is 28.3. The number of hydrogen-bond acceptors (Lipinski definition) is 1. The molecular weight excluding hydrogens is 689 g/mol. The molecule has 0 aliphatic carbocycles. The highest BCUT2D eigenvalue weighted by atomic mass is 15.2. The average molecular weight is 725 g/mol. The van der Waals surface area contributed by atoms with Crippen LogP contribution in [0.3, 0.4) is 0 Å². The standard InChI is InChI=1S/C55H36N2/c1-5-19-37(20-6-1)49-43-27-13-15-29-45(43)50(46-30-16-14-28-44(46)49)39-33-35-40(36-34-39)51-47-31-17-18-32-48(47)55-52(38-21-7-2-8-22-38)53(41-23-9-3-10-24-41)56-57(55)54(51)42-25-11-4-12-26-42/h1-36H. The van der Waals surface area contributed by atoms with Crippen molar-refractivity contribution in [2.24, 2.45) is 0 Å². The Morgan fingerprint density at radius 1 is 0.246 bits per heavy atom. The van der Waals surface area contributed by atoms with Gasteiger partial charge >= 0.3 is 0 Å². The van der Waals surface area contributed by atoms with Gasteiger partial charge in [0.2, 0.25) is 0 Å². The maximum absolute atomic E-state index is 5.56. The number of rotatable bonds is 6. The van der Waals surface area contributed by atoms with Crippen molar-refractivity contribution in [3.05, 3.63) is 218 Å². The van der Waals surface area contributed by atoms with E-state index < -0.39 is 0 Å². The monoisotopic (exact) mass is 724 g/mol. The van der Waals surface area contributed by atoms with Crippen LogP contribution in [0.25, 0.3) is 105 Å². The molecule has 2 heterocycles. The summed E-state index contributed by atoms with van der Waals surface area (Å²) in [5.41, 5.74) is 14.9. The van der Waals surface area contributed by atoms with Crippen molar-refractivity contribution < 1.29 is 0 Å².